The number of phenols is 1. The molecule has 0 radical (unpaired) electrons. The molecule has 1 aliphatic carbocycles. The predicted molar refractivity (Wildman–Crippen MR) is 196 cm³/mol. The van der Waals surface area contributed by atoms with E-state index in [4.69, 9.17) is 19.4 Å². The second-order valence-corrected chi connectivity index (χ2v) is 30.8. The number of hydrogen-bond acceptors (Lipinski definition) is 8. The number of nitrogens with zero attached hydrogens (tertiary/aromatic N) is 3. The van der Waals surface area contributed by atoms with Crippen molar-refractivity contribution in [3.63, 3.8) is 0 Å². The highest BCUT2D eigenvalue weighted by Crippen LogP contribution is 2.64. The molecule has 1 saturated carbocycles. The summed E-state index contributed by atoms with van der Waals surface area (Å²) >= 11 is 6.51. The molecule has 3 aliphatic heterocycles. The lowest BCUT2D eigenvalue weighted by Gasteiger charge is -2.33. The first kappa shape index (κ1) is 31.6. The molecule has 0 spiro atoms. The predicted octanol–water partition coefficient (Wildman–Crippen LogP) is 8.01. The molecule has 2 N–H and O–H groups in total. The fraction of sp³-hybridized carbons (Fsp3) is 0.515. The zero-order chi connectivity index (χ0) is 30.4. The molecule has 3 fully saturated rings. The fourth-order valence-corrected chi connectivity index (χ4v) is 9.82. The van der Waals surface area contributed by atoms with E-state index in [9.17, 15) is 5.11 Å². The van der Waals surface area contributed by atoms with Crippen LogP contribution in [0.1, 0.15) is 78.6 Å². The van der Waals surface area contributed by atoms with Gasteiger partial charge in [-0.3, -0.25) is 0 Å². The van der Waals surface area contributed by atoms with Gasteiger partial charge in [-0.2, -0.15) is 9.97 Å². The Morgan fingerprint density at radius 2 is 1.98 bits per heavy atom. The summed E-state index contributed by atoms with van der Waals surface area (Å²) in [5.74, 6) is 4.01. The summed E-state index contributed by atoms with van der Waals surface area (Å²) in [4.78, 5) is 12.4. The number of fused-ring (bicyclic) bond motifs is 4. The van der Waals surface area contributed by atoms with Gasteiger partial charge in [-0.15, -0.1) is 0 Å². The van der Waals surface area contributed by atoms with Gasteiger partial charge < -0.3 is 24.8 Å². The summed E-state index contributed by atoms with van der Waals surface area (Å²) in [7, 11) is 4.26. The van der Waals surface area contributed by atoms with Crippen LogP contribution in [0, 0.1) is 16.6 Å². The quantitative estimate of drug-likeness (QED) is 0.134. The first-order chi connectivity index (χ1) is 21.2. The molecule has 3 atom stereocenters. The molecule has 7 nitrogen and oxygen atoms in total. The van der Waals surface area contributed by atoms with Crippen molar-refractivity contribution in [2.45, 2.75) is 75.7 Å². The monoisotopic (exact) mass is 854 g/mol. The standard InChI is InChI=1S/C33H37I2N4O3PS/c1-39(2)18-33(9-10-33)19-42-32-37-28-16-29(41-17-27(28)31(38-32)22-12-23-6-7-24(13-22)36-23)26-15-25(40)14-21-5-3-4-20(30(21)26)8-11-44-43(34)35/h3-5,14-15,22-24,29,36,40H,6-7,9-10,12-13,16-19H2,1-2H3. The number of phenolic OH excluding ortho intramolecular Hbond substituents is 1. The number of hydrogen-bond donors (Lipinski definition) is 2. The lowest BCUT2D eigenvalue weighted by Crippen LogP contribution is -2.38. The number of ether oxygens (including phenoxy) is 2. The largest absolute Gasteiger partial charge is 0.508 e. The Bertz CT molecular complexity index is 1610. The summed E-state index contributed by atoms with van der Waals surface area (Å²) in [6.45, 7) is 2.12. The van der Waals surface area contributed by atoms with Gasteiger partial charge in [0.1, 0.15) is 5.75 Å². The van der Waals surface area contributed by atoms with E-state index in [1.165, 1.54) is 25.7 Å². The van der Waals surface area contributed by atoms with Gasteiger partial charge in [-0.1, -0.05) is 18.1 Å². The van der Waals surface area contributed by atoms with E-state index >= 15 is 0 Å². The first-order valence-electron chi connectivity index (χ1n) is 15.4. The van der Waals surface area contributed by atoms with E-state index in [-0.39, 0.29) is 19.7 Å². The molecule has 0 amide bonds. The van der Waals surface area contributed by atoms with Crippen molar-refractivity contribution in [3.8, 4) is 22.9 Å². The molecule has 3 unspecified atom stereocenters. The van der Waals surface area contributed by atoms with E-state index in [1.54, 1.807) is 11.4 Å². The SMILES string of the molecule is CN(C)CC1(COc2nc3c(c(C4CC5CCC(C4)N5)n2)COC(c2cc(O)cc4cccc(C#CSP(I)I)c24)C3)CC1. The molecule has 4 heterocycles. The van der Waals surface area contributed by atoms with Gasteiger partial charge in [-0.25, -0.2) is 0 Å². The Kier molecular flexibility index (Phi) is 9.56. The Hall–Kier alpha value is -0.940. The number of nitrogens with one attached hydrogen (secondary N) is 1. The van der Waals surface area contributed by atoms with Crippen LogP contribution in [-0.4, -0.2) is 59.3 Å². The molecule has 44 heavy (non-hydrogen) atoms. The van der Waals surface area contributed by atoms with Crippen LogP contribution < -0.4 is 10.1 Å². The Morgan fingerprint density at radius 1 is 1.18 bits per heavy atom. The average molecular weight is 855 g/mol. The highest BCUT2D eigenvalue weighted by Gasteiger charge is 2.44. The van der Waals surface area contributed by atoms with Gasteiger partial charge in [0.25, 0.3) is 0 Å². The first-order valence-corrected chi connectivity index (χ1v) is 23.7. The molecular formula is C33H37I2N4O3PS. The summed E-state index contributed by atoms with van der Waals surface area (Å²) < 4.78 is 12.9. The van der Waals surface area contributed by atoms with E-state index in [1.807, 2.05) is 24.3 Å². The molecule has 1 aromatic heterocycles. The van der Waals surface area contributed by atoms with Crippen LogP contribution in [0.15, 0.2) is 30.3 Å². The average Bonchev–Trinajstić information content (AvgIpc) is 3.67. The second-order valence-electron chi connectivity index (χ2n) is 13.1. The molecular weight excluding hydrogens is 817 g/mol. The van der Waals surface area contributed by atoms with Crippen molar-refractivity contribution < 1.29 is 14.6 Å². The molecule has 3 aromatic rings. The number of halogens is 2. The fourth-order valence-electron chi connectivity index (χ4n) is 7.48. The normalized spacial score (nSPS) is 25.1. The van der Waals surface area contributed by atoms with Gasteiger partial charge in [0, 0.05) is 52.9 Å². The van der Waals surface area contributed by atoms with E-state index < -0.39 is 0 Å². The molecule has 11 heteroatoms. The van der Waals surface area contributed by atoms with Crippen LogP contribution in [0.2, 0.25) is 0 Å². The van der Waals surface area contributed by atoms with Crippen molar-refractivity contribution >= 4 is 68.6 Å². The smallest absolute Gasteiger partial charge is 0.316 e. The topological polar surface area (TPSA) is 79.7 Å². The molecule has 2 saturated heterocycles. The van der Waals surface area contributed by atoms with Gasteiger partial charge in [-0.05, 0) is 142 Å². The molecule has 7 rings (SSSR count). The highest BCUT2D eigenvalue weighted by atomic mass is 127. The third-order valence-corrected chi connectivity index (χ3v) is 14.1. The third kappa shape index (κ3) is 6.99. The summed E-state index contributed by atoms with van der Waals surface area (Å²) in [5.41, 5.74) is 5.38. The Labute approximate surface area is 290 Å². The maximum Gasteiger partial charge on any atom is 0.316 e. The van der Waals surface area contributed by atoms with Crippen molar-refractivity contribution in [1.29, 1.82) is 0 Å². The lowest BCUT2D eigenvalue weighted by atomic mass is 9.85. The number of benzene rings is 2. The molecule has 4 aliphatic rings. The van der Waals surface area contributed by atoms with E-state index in [0.29, 0.717) is 43.6 Å². The van der Waals surface area contributed by atoms with Crippen molar-refractivity contribution in [2.75, 3.05) is 27.2 Å². The third-order valence-electron chi connectivity index (χ3n) is 9.53. The van der Waals surface area contributed by atoms with Crippen LogP contribution in [0.5, 0.6) is 11.8 Å². The minimum absolute atomic E-state index is 0.203. The second kappa shape index (κ2) is 13.3. The zero-order valence-corrected chi connectivity index (χ0v) is 31.0. The number of aromatic hydroxyl groups is 1. The van der Waals surface area contributed by atoms with Crippen molar-refractivity contribution in [2.24, 2.45) is 5.41 Å². The summed E-state index contributed by atoms with van der Waals surface area (Å²) in [6.07, 6.45) is 7.39. The van der Waals surface area contributed by atoms with Crippen LogP contribution in [-0.2, 0) is 17.8 Å². The number of aromatic nitrogens is 2. The van der Waals surface area contributed by atoms with Crippen LogP contribution in [0.4, 0.5) is 0 Å². The van der Waals surface area contributed by atoms with Gasteiger partial charge in [0.15, 0.2) is 0 Å². The molecule has 2 aromatic carbocycles. The van der Waals surface area contributed by atoms with Crippen molar-refractivity contribution in [3.05, 3.63) is 58.4 Å². The van der Waals surface area contributed by atoms with Gasteiger partial charge in [0.05, 0.1) is 33.1 Å². The molecule has 2 bridgehead atoms. The summed E-state index contributed by atoms with van der Waals surface area (Å²) in [5, 5.41) is 19.8. The van der Waals surface area contributed by atoms with Gasteiger partial charge in [0.2, 0.25) is 0 Å². The van der Waals surface area contributed by atoms with Gasteiger partial charge >= 0.3 is 6.01 Å². The van der Waals surface area contributed by atoms with Crippen LogP contribution in [0.3, 0.4) is 0 Å². The maximum absolute atomic E-state index is 10.8. The Balaban J connectivity index is 1.24. The van der Waals surface area contributed by atoms with Crippen LogP contribution >= 0.6 is 57.9 Å². The van der Waals surface area contributed by atoms with Crippen LogP contribution in [0.25, 0.3) is 10.8 Å². The number of rotatable bonds is 8. The van der Waals surface area contributed by atoms with E-state index in [2.05, 4.69) is 85.6 Å². The minimum Gasteiger partial charge on any atom is -0.508 e. The van der Waals surface area contributed by atoms with Crippen molar-refractivity contribution in [1.82, 2.24) is 20.2 Å². The van der Waals surface area contributed by atoms with E-state index in [0.717, 1.165) is 58.2 Å². The minimum atomic E-state index is -0.262. The zero-order valence-electron chi connectivity index (χ0n) is 25.0. The number of piperidine rings is 1. The molecule has 232 valence electrons. The maximum atomic E-state index is 10.8. The summed E-state index contributed by atoms with van der Waals surface area (Å²) in [6, 6.07) is 11.4. The lowest BCUT2D eigenvalue weighted by molar-refractivity contribution is 0.0250. The highest BCUT2D eigenvalue weighted by molar-refractivity contribution is 14.3. The Morgan fingerprint density at radius 3 is 2.70 bits per heavy atom.